The van der Waals surface area contributed by atoms with E-state index in [1.807, 2.05) is 6.07 Å². The molecule has 0 aromatic heterocycles. The Labute approximate surface area is 103 Å². The molecule has 2 nitrogen and oxygen atoms in total. The van der Waals surface area contributed by atoms with Gasteiger partial charge in [-0.25, -0.2) is 4.39 Å². The van der Waals surface area contributed by atoms with Crippen molar-refractivity contribution in [1.29, 1.82) is 0 Å². The first-order valence-electron chi connectivity index (χ1n) is 5.47. The molecule has 0 radical (unpaired) electrons. The van der Waals surface area contributed by atoms with Crippen molar-refractivity contribution < 1.29 is 9.13 Å². The Balaban J connectivity index is 2.15. The van der Waals surface area contributed by atoms with Crippen LogP contribution in [0.4, 0.5) is 4.39 Å². The van der Waals surface area contributed by atoms with Gasteiger partial charge in [-0.1, -0.05) is 22.0 Å². The minimum absolute atomic E-state index is 0.225. The number of halogens is 2. The van der Waals surface area contributed by atoms with Gasteiger partial charge in [-0.2, -0.15) is 0 Å². The largest absolute Gasteiger partial charge is 0.381 e. The molecule has 0 amide bonds. The average Bonchev–Trinajstić information content (AvgIpc) is 2.29. The van der Waals surface area contributed by atoms with Crippen molar-refractivity contribution >= 4 is 15.9 Å². The summed E-state index contributed by atoms with van der Waals surface area (Å²) in [6.07, 6.45) is 1.83. The highest BCUT2D eigenvalue weighted by Crippen LogP contribution is 2.30. The molecule has 1 heterocycles. The van der Waals surface area contributed by atoms with Crippen LogP contribution in [-0.2, 0) is 4.74 Å². The summed E-state index contributed by atoms with van der Waals surface area (Å²) in [5.41, 5.74) is 6.72. The first kappa shape index (κ1) is 12.0. The highest BCUT2D eigenvalue weighted by Gasteiger charge is 2.24. The van der Waals surface area contributed by atoms with Crippen LogP contribution in [-0.4, -0.2) is 13.2 Å². The van der Waals surface area contributed by atoms with Crippen LogP contribution in [0.15, 0.2) is 22.7 Å². The summed E-state index contributed by atoms with van der Waals surface area (Å²) < 4.78 is 19.7. The van der Waals surface area contributed by atoms with Gasteiger partial charge in [-0.15, -0.1) is 0 Å². The minimum Gasteiger partial charge on any atom is -0.381 e. The highest BCUT2D eigenvalue weighted by atomic mass is 79.9. The van der Waals surface area contributed by atoms with Crippen molar-refractivity contribution in [2.24, 2.45) is 11.7 Å². The van der Waals surface area contributed by atoms with Crippen LogP contribution < -0.4 is 5.73 Å². The lowest BCUT2D eigenvalue weighted by molar-refractivity contribution is 0.0580. The third-order valence-electron chi connectivity index (χ3n) is 3.10. The predicted octanol–water partition coefficient (Wildman–Crippen LogP) is 3.01. The number of benzene rings is 1. The Morgan fingerprint density at radius 1 is 1.38 bits per heavy atom. The van der Waals surface area contributed by atoms with Crippen LogP contribution >= 0.6 is 15.9 Å². The number of hydrogen-bond donors (Lipinski definition) is 1. The Morgan fingerprint density at radius 2 is 2.06 bits per heavy atom. The molecule has 1 fully saturated rings. The molecule has 1 saturated heterocycles. The Morgan fingerprint density at radius 3 is 2.69 bits per heavy atom. The van der Waals surface area contributed by atoms with Gasteiger partial charge in [0.15, 0.2) is 0 Å². The second-order valence-electron chi connectivity index (χ2n) is 4.14. The van der Waals surface area contributed by atoms with E-state index in [1.165, 1.54) is 6.07 Å². The third kappa shape index (κ3) is 2.62. The summed E-state index contributed by atoms with van der Waals surface area (Å²) in [4.78, 5) is 0. The quantitative estimate of drug-likeness (QED) is 0.908. The van der Waals surface area contributed by atoms with Gasteiger partial charge >= 0.3 is 0 Å². The first-order valence-corrected chi connectivity index (χ1v) is 6.26. The van der Waals surface area contributed by atoms with Crippen LogP contribution in [0.3, 0.4) is 0 Å². The zero-order valence-electron chi connectivity index (χ0n) is 8.96. The predicted molar refractivity (Wildman–Crippen MR) is 64.6 cm³/mol. The Hall–Kier alpha value is -0.450. The van der Waals surface area contributed by atoms with Gasteiger partial charge in [0.05, 0.1) is 0 Å². The van der Waals surface area contributed by atoms with E-state index in [9.17, 15) is 4.39 Å². The van der Waals surface area contributed by atoms with E-state index >= 15 is 0 Å². The molecule has 88 valence electrons. The first-order chi connectivity index (χ1) is 7.68. The molecule has 1 aromatic rings. The zero-order valence-corrected chi connectivity index (χ0v) is 10.5. The zero-order chi connectivity index (χ0) is 11.5. The number of rotatable bonds is 2. The van der Waals surface area contributed by atoms with E-state index in [4.69, 9.17) is 10.5 Å². The Bertz CT molecular complexity index is 366. The molecule has 2 rings (SSSR count). The summed E-state index contributed by atoms with van der Waals surface area (Å²) in [6, 6.07) is 4.84. The third-order valence-corrected chi connectivity index (χ3v) is 3.59. The van der Waals surface area contributed by atoms with E-state index in [0.29, 0.717) is 11.5 Å². The summed E-state index contributed by atoms with van der Waals surface area (Å²) in [6.45, 7) is 1.47. The van der Waals surface area contributed by atoms with E-state index in [0.717, 1.165) is 30.5 Å². The number of nitrogens with two attached hydrogens (primary N) is 1. The summed E-state index contributed by atoms with van der Waals surface area (Å²) in [7, 11) is 0. The Kier molecular flexibility index (Phi) is 3.95. The maximum absolute atomic E-state index is 13.7. The summed E-state index contributed by atoms with van der Waals surface area (Å²) in [5, 5.41) is 0. The molecule has 1 aromatic carbocycles. The fourth-order valence-corrected chi connectivity index (χ4v) is 2.43. The molecule has 1 unspecified atom stereocenters. The molecule has 2 N–H and O–H groups in total. The molecule has 0 aliphatic carbocycles. The topological polar surface area (TPSA) is 35.2 Å². The van der Waals surface area contributed by atoms with Crippen molar-refractivity contribution in [3.05, 3.63) is 34.1 Å². The van der Waals surface area contributed by atoms with Crippen molar-refractivity contribution in [2.45, 2.75) is 18.9 Å². The maximum Gasteiger partial charge on any atom is 0.129 e. The minimum atomic E-state index is -0.228. The fourth-order valence-electron chi connectivity index (χ4n) is 2.10. The summed E-state index contributed by atoms with van der Waals surface area (Å²) in [5.74, 6) is 0.0952. The molecule has 16 heavy (non-hydrogen) atoms. The molecule has 1 atom stereocenters. The maximum atomic E-state index is 13.7. The van der Waals surface area contributed by atoms with E-state index in [-0.39, 0.29) is 11.9 Å². The molecule has 0 bridgehead atoms. The van der Waals surface area contributed by atoms with Gasteiger partial charge in [0.2, 0.25) is 0 Å². The molecule has 1 aliphatic heterocycles. The lowest BCUT2D eigenvalue weighted by Crippen LogP contribution is -2.28. The van der Waals surface area contributed by atoms with Crippen LogP contribution in [0.25, 0.3) is 0 Å². The van der Waals surface area contributed by atoms with Crippen LogP contribution in [0.5, 0.6) is 0 Å². The van der Waals surface area contributed by atoms with Gasteiger partial charge in [0.25, 0.3) is 0 Å². The molecule has 0 spiro atoms. The van der Waals surface area contributed by atoms with Gasteiger partial charge in [-0.05, 0) is 30.9 Å². The molecule has 4 heteroatoms. The van der Waals surface area contributed by atoms with Crippen molar-refractivity contribution in [2.75, 3.05) is 13.2 Å². The molecule has 0 saturated carbocycles. The van der Waals surface area contributed by atoms with Crippen LogP contribution in [0, 0.1) is 11.7 Å². The van der Waals surface area contributed by atoms with E-state index < -0.39 is 0 Å². The second kappa shape index (κ2) is 5.25. The normalized spacial score (nSPS) is 19.7. The van der Waals surface area contributed by atoms with Crippen LogP contribution in [0.1, 0.15) is 24.4 Å². The monoisotopic (exact) mass is 287 g/mol. The lowest BCUT2D eigenvalue weighted by Gasteiger charge is -2.28. The molecule has 1 aliphatic rings. The van der Waals surface area contributed by atoms with Crippen molar-refractivity contribution in [1.82, 2.24) is 0 Å². The molecular formula is C12H15BrFNO. The standard InChI is InChI=1S/C12H15BrFNO/c13-9-1-2-10(11(14)7-9)12(15)8-3-5-16-6-4-8/h1-2,7-8,12H,3-6,15H2. The van der Waals surface area contributed by atoms with Crippen LogP contribution in [0.2, 0.25) is 0 Å². The fraction of sp³-hybridized carbons (Fsp3) is 0.500. The second-order valence-corrected chi connectivity index (χ2v) is 5.06. The van der Waals surface area contributed by atoms with Gasteiger partial charge in [0.1, 0.15) is 5.82 Å². The average molecular weight is 288 g/mol. The van der Waals surface area contributed by atoms with Gasteiger partial charge in [0, 0.05) is 29.3 Å². The summed E-state index contributed by atoms with van der Waals surface area (Å²) >= 11 is 3.24. The van der Waals surface area contributed by atoms with E-state index in [2.05, 4.69) is 15.9 Å². The van der Waals surface area contributed by atoms with Crippen molar-refractivity contribution in [3.8, 4) is 0 Å². The SMILES string of the molecule is NC(c1ccc(Br)cc1F)C1CCOCC1. The van der Waals surface area contributed by atoms with Gasteiger partial charge < -0.3 is 10.5 Å². The lowest BCUT2D eigenvalue weighted by atomic mass is 9.87. The smallest absolute Gasteiger partial charge is 0.129 e. The van der Waals surface area contributed by atoms with Gasteiger partial charge in [-0.3, -0.25) is 0 Å². The number of ether oxygens (including phenoxy) is 1. The highest BCUT2D eigenvalue weighted by molar-refractivity contribution is 9.10. The van der Waals surface area contributed by atoms with E-state index in [1.54, 1.807) is 6.07 Å². The van der Waals surface area contributed by atoms with Crippen molar-refractivity contribution in [3.63, 3.8) is 0 Å². The molecular weight excluding hydrogens is 273 g/mol. The number of hydrogen-bond acceptors (Lipinski definition) is 2.